The molecule has 134 valence electrons. The molecular formula is C21H24N4S. The van der Waals surface area contributed by atoms with Crippen molar-refractivity contribution in [1.82, 2.24) is 15.0 Å². The third-order valence-electron chi connectivity index (χ3n) is 5.79. The van der Waals surface area contributed by atoms with Gasteiger partial charge < -0.3 is 4.90 Å². The molecule has 5 heteroatoms. The van der Waals surface area contributed by atoms with Crippen molar-refractivity contribution in [3.8, 4) is 0 Å². The van der Waals surface area contributed by atoms with E-state index in [4.69, 9.17) is 9.97 Å². The second-order valence-corrected chi connectivity index (χ2v) is 8.70. The molecule has 0 radical (unpaired) electrons. The van der Waals surface area contributed by atoms with E-state index in [1.807, 2.05) is 23.6 Å². The van der Waals surface area contributed by atoms with Crippen LogP contribution in [0.5, 0.6) is 0 Å². The number of hydrogen-bond acceptors (Lipinski definition) is 5. The van der Waals surface area contributed by atoms with Crippen molar-refractivity contribution in [2.24, 2.45) is 0 Å². The maximum atomic E-state index is 5.08. The van der Waals surface area contributed by atoms with E-state index >= 15 is 0 Å². The van der Waals surface area contributed by atoms with Crippen molar-refractivity contribution in [3.05, 3.63) is 46.4 Å². The maximum absolute atomic E-state index is 5.08. The predicted molar refractivity (Wildman–Crippen MR) is 107 cm³/mol. The largest absolute Gasteiger partial charge is 0.351 e. The van der Waals surface area contributed by atoms with Crippen molar-refractivity contribution >= 4 is 27.4 Å². The average molecular weight is 365 g/mol. The molecule has 3 heterocycles. The van der Waals surface area contributed by atoms with E-state index < -0.39 is 0 Å². The molecule has 0 saturated heterocycles. The van der Waals surface area contributed by atoms with Gasteiger partial charge in [-0.2, -0.15) is 0 Å². The number of nitrogens with zero attached hydrogens (tertiary/aromatic N) is 4. The van der Waals surface area contributed by atoms with Crippen molar-refractivity contribution in [1.29, 1.82) is 0 Å². The molecule has 1 saturated carbocycles. The summed E-state index contributed by atoms with van der Waals surface area (Å²) in [5, 5.41) is 1.30. The molecular weight excluding hydrogens is 340 g/mol. The topological polar surface area (TPSA) is 41.9 Å². The van der Waals surface area contributed by atoms with Crippen LogP contribution in [0.1, 0.15) is 66.5 Å². The Hall–Kier alpha value is -2.01. The number of rotatable bonds is 4. The minimum absolute atomic E-state index is 0.181. The number of aryl methyl sites for hydroxylation is 2. The Kier molecular flexibility index (Phi) is 3.92. The fourth-order valence-electron chi connectivity index (χ4n) is 3.94. The first kappa shape index (κ1) is 16.2. The lowest BCUT2D eigenvalue weighted by molar-refractivity contribution is 0.693. The van der Waals surface area contributed by atoms with Gasteiger partial charge in [0.1, 0.15) is 16.5 Å². The molecule has 0 N–H and O–H groups in total. The number of aromatic nitrogens is 3. The van der Waals surface area contributed by atoms with E-state index in [1.54, 1.807) is 0 Å². The molecule has 3 aromatic rings. The second-order valence-electron chi connectivity index (χ2n) is 7.61. The van der Waals surface area contributed by atoms with Crippen LogP contribution in [-0.2, 0) is 12.8 Å². The van der Waals surface area contributed by atoms with Gasteiger partial charge in [0, 0.05) is 24.0 Å². The molecule has 4 nitrogen and oxygen atoms in total. The Morgan fingerprint density at radius 2 is 2.00 bits per heavy atom. The first-order chi connectivity index (χ1) is 12.7. The molecule has 0 aliphatic heterocycles. The Balaban J connectivity index is 1.66. The van der Waals surface area contributed by atoms with Crippen LogP contribution >= 0.6 is 11.3 Å². The van der Waals surface area contributed by atoms with Gasteiger partial charge in [0.25, 0.3) is 0 Å². The molecule has 2 aliphatic rings. The smallest absolute Gasteiger partial charge is 0.141 e. The molecule has 1 fully saturated rings. The van der Waals surface area contributed by atoms with Crippen LogP contribution in [0.2, 0.25) is 0 Å². The zero-order valence-electron chi connectivity index (χ0n) is 15.4. The average Bonchev–Trinajstić information content (AvgIpc) is 3.47. The Morgan fingerprint density at radius 1 is 1.15 bits per heavy atom. The number of thiophene rings is 1. The summed E-state index contributed by atoms with van der Waals surface area (Å²) >= 11 is 1.90. The highest BCUT2D eigenvalue weighted by Crippen LogP contribution is 2.44. The summed E-state index contributed by atoms with van der Waals surface area (Å²) in [4.78, 5) is 19.7. The molecule has 26 heavy (non-hydrogen) atoms. The van der Waals surface area contributed by atoms with Crippen molar-refractivity contribution in [2.75, 3.05) is 11.9 Å². The normalized spacial score (nSPS) is 17.9. The lowest BCUT2D eigenvalue weighted by Gasteiger charge is -2.27. The molecule has 0 aromatic carbocycles. The van der Waals surface area contributed by atoms with Gasteiger partial charge in [-0.05, 0) is 63.1 Å². The fourth-order valence-corrected chi connectivity index (χ4v) is 5.20. The summed E-state index contributed by atoms with van der Waals surface area (Å²) in [6.07, 6.45) is 9.29. The SMILES string of the molecule is CC(c1ccccn1)N(C)c1nc(C2CC2)nc2sc3c(c12)CCCC3. The van der Waals surface area contributed by atoms with Gasteiger partial charge in [0.2, 0.25) is 0 Å². The van der Waals surface area contributed by atoms with Crippen LogP contribution in [0.15, 0.2) is 24.4 Å². The number of hydrogen-bond donors (Lipinski definition) is 0. The molecule has 5 rings (SSSR count). The highest BCUT2D eigenvalue weighted by Gasteiger charge is 2.31. The van der Waals surface area contributed by atoms with Crippen LogP contribution in [0.25, 0.3) is 10.2 Å². The lowest BCUT2D eigenvalue weighted by Crippen LogP contribution is -2.24. The molecule has 1 unspecified atom stereocenters. The minimum Gasteiger partial charge on any atom is -0.351 e. The van der Waals surface area contributed by atoms with Gasteiger partial charge >= 0.3 is 0 Å². The third kappa shape index (κ3) is 2.69. The highest BCUT2D eigenvalue weighted by atomic mass is 32.1. The van der Waals surface area contributed by atoms with E-state index in [0.29, 0.717) is 5.92 Å². The molecule has 1 atom stereocenters. The summed E-state index contributed by atoms with van der Waals surface area (Å²) < 4.78 is 0. The molecule has 0 amide bonds. The van der Waals surface area contributed by atoms with Gasteiger partial charge in [-0.3, -0.25) is 4.98 Å². The van der Waals surface area contributed by atoms with Crippen molar-refractivity contribution in [3.63, 3.8) is 0 Å². The summed E-state index contributed by atoms with van der Waals surface area (Å²) in [5.74, 6) is 2.72. The first-order valence-electron chi connectivity index (χ1n) is 9.68. The van der Waals surface area contributed by atoms with Gasteiger partial charge in [-0.15, -0.1) is 11.3 Å². The zero-order valence-corrected chi connectivity index (χ0v) is 16.2. The fraction of sp³-hybridized carbons (Fsp3) is 0.476. The Labute approximate surface area is 158 Å². The molecule has 0 bridgehead atoms. The van der Waals surface area contributed by atoms with Gasteiger partial charge in [-0.25, -0.2) is 9.97 Å². The quantitative estimate of drug-likeness (QED) is 0.650. The molecule has 2 aliphatic carbocycles. The van der Waals surface area contributed by atoms with Crippen molar-refractivity contribution < 1.29 is 0 Å². The maximum Gasteiger partial charge on any atom is 0.141 e. The highest BCUT2D eigenvalue weighted by molar-refractivity contribution is 7.19. The van der Waals surface area contributed by atoms with Crippen LogP contribution in [0, 0.1) is 0 Å². The standard InChI is InChI=1S/C21H24N4S/c1-13(16-8-5-6-12-22-16)25(2)20-18-15-7-3-4-9-17(15)26-21(18)24-19(23-20)14-10-11-14/h5-6,8,12-14H,3-4,7,9-11H2,1-2H3. The van der Waals surface area contributed by atoms with E-state index in [2.05, 4.69) is 36.0 Å². The van der Waals surface area contributed by atoms with Crippen LogP contribution in [0.4, 0.5) is 5.82 Å². The van der Waals surface area contributed by atoms with E-state index in [9.17, 15) is 0 Å². The summed E-state index contributed by atoms with van der Waals surface area (Å²) in [7, 11) is 2.16. The van der Waals surface area contributed by atoms with Gasteiger partial charge in [0.15, 0.2) is 0 Å². The van der Waals surface area contributed by atoms with E-state index in [0.717, 1.165) is 17.3 Å². The van der Waals surface area contributed by atoms with Gasteiger partial charge in [0.05, 0.1) is 17.1 Å². The predicted octanol–water partition coefficient (Wildman–Crippen LogP) is 5.04. The Morgan fingerprint density at radius 3 is 2.77 bits per heavy atom. The van der Waals surface area contributed by atoms with E-state index in [1.165, 1.54) is 59.2 Å². The summed E-state index contributed by atoms with van der Waals surface area (Å²) in [6, 6.07) is 6.31. The zero-order chi connectivity index (χ0) is 17.7. The summed E-state index contributed by atoms with van der Waals surface area (Å²) in [5.41, 5.74) is 2.59. The minimum atomic E-state index is 0.181. The second kappa shape index (κ2) is 6.31. The first-order valence-corrected chi connectivity index (χ1v) is 10.5. The molecule has 0 spiro atoms. The lowest BCUT2D eigenvalue weighted by atomic mass is 9.96. The van der Waals surface area contributed by atoms with Crippen LogP contribution < -0.4 is 4.90 Å². The van der Waals surface area contributed by atoms with E-state index in [-0.39, 0.29) is 6.04 Å². The monoisotopic (exact) mass is 364 g/mol. The van der Waals surface area contributed by atoms with Crippen molar-refractivity contribution in [2.45, 2.75) is 57.4 Å². The third-order valence-corrected chi connectivity index (χ3v) is 6.97. The van der Waals surface area contributed by atoms with Crippen LogP contribution in [0.3, 0.4) is 0 Å². The number of pyridine rings is 1. The number of anilines is 1. The van der Waals surface area contributed by atoms with Crippen LogP contribution in [-0.4, -0.2) is 22.0 Å². The number of fused-ring (bicyclic) bond motifs is 3. The summed E-state index contributed by atoms with van der Waals surface area (Å²) in [6.45, 7) is 2.21. The molecule has 3 aromatic heterocycles. The Bertz CT molecular complexity index is 946. The van der Waals surface area contributed by atoms with Gasteiger partial charge in [-0.1, -0.05) is 6.07 Å².